The van der Waals surface area contributed by atoms with E-state index in [0.717, 1.165) is 57.2 Å². The lowest BCUT2D eigenvalue weighted by Crippen LogP contribution is -2.47. The van der Waals surface area contributed by atoms with Crippen LogP contribution in [0.4, 0.5) is 5.95 Å². The van der Waals surface area contributed by atoms with E-state index in [9.17, 15) is 4.79 Å². The lowest BCUT2D eigenvalue weighted by molar-refractivity contribution is -0.137. The van der Waals surface area contributed by atoms with E-state index in [-0.39, 0.29) is 5.92 Å². The number of halogens is 1. The number of likely N-dealkylation sites (tertiary alicyclic amines) is 1. The SMILES string of the molecule is CC1CCN(C(=O)[C@@H]2CCCN(c3nnc4c(Cl)cccn34)C2)CC1. The molecular weight excluding hydrogens is 338 g/mol. The second-order valence-corrected chi connectivity index (χ2v) is 7.75. The highest BCUT2D eigenvalue weighted by atomic mass is 35.5. The van der Waals surface area contributed by atoms with Crippen molar-refractivity contribution in [1.29, 1.82) is 0 Å². The van der Waals surface area contributed by atoms with Crippen LogP contribution in [0, 0.1) is 11.8 Å². The Bertz CT molecular complexity index is 768. The van der Waals surface area contributed by atoms with Crippen molar-refractivity contribution < 1.29 is 4.79 Å². The summed E-state index contributed by atoms with van der Waals surface area (Å²) < 4.78 is 1.91. The maximum atomic E-state index is 12.9. The fraction of sp³-hybridized carbons (Fsp3) is 0.611. The molecule has 0 saturated carbocycles. The first kappa shape index (κ1) is 16.6. The molecule has 2 aliphatic rings. The van der Waals surface area contributed by atoms with Gasteiger partial charge in [0.25, 0.3) is 0 Å². The van der Waals surface area contributed by atoms with Crippen molar-refractivity contribution in [1.82, 2.24) is 19.5 Å². The van der Waals surface area contributed by atoms with E-state index in [4.69, 9.17) is 11.6 Å². The van der Waals surface area contributed by atoms with Crippen molar-refractivity contribution in [3.63, 3.8) is 0 Å². The first-order valence-corrected chi connectivity index (χ1v) is 9.54. The molecule has 6 nitrogen and oxygen atoms in total. The molecule has 0 N–H and O–H groups in total. The molecule has 2 aliphatic heterocycles. The van der Waals surface area contributed by atoms with Crippen LogP contribution in [-0.4, -0.2) is 51.6 Å². The fourth-order valence-electron chi connectivity index (χ4n) is 3.93. The Kier molecular flexibility index (Phi) is 4.54. The molecule has 7 heteroatoms. The van der Waals surface area contributed by atoms with Crippen molar-refractivity contribution in [3.05, 3.63) is 23.4 Å². The van der Waals surface area contributed by atoms with Gasteiger partial charge in [-0.05, 0) is 43.7 Å². The molecule has 0 radical (unpaired) electrons. The molecule has 2 saturated heterocycles. The van der Waals surface area contributed by atoms with E-state index in [1.165, 1.54) is 0 Å². The largest absolute Gasteiger partial charge is 0.342 e. The monoisotopic (exact) mass is 361 g/mol. The quantitative estimate of drug-likeness (QED) is 0.825. The maximum Gasteiger partial charge on any atom is 0.231 e. The van der Waals surface area contributed by atoms with Gasteiger partial charge >= 0.3 is 0 Å². The summed E-state index contributed by atoms with van der Waals surface area (Å²) in [6.45, 7) is 5.68. The van der Waals surface area contributed by atoms with Crippen LogP contribution in [-0.2, 0) is 4.79 Å². The van der Waals surface area contributed by atoms with E-state index in [1.54, 1.807) is 0 Å². The molecule has 2 aromatic rings. The van der Waals surface area contributed by atoms with Crippen LogP contribution in [0.3, 0.4) is 0 Å². The van der Waals surface area contributed by atoms with Gasteiger partial charge in [-0.15, -0.1) is 10.2 Å². The van der Waals surface area contributed by atoms with E-state index in [2.05, 4.69) is 26.9 Å². The summed E-state index contributed by atoms with van der Waals surface area (Å²) >= 11 is 6.20. The Morgan fingerprint density at radius 1 is 1.20 bits per heavy atom. The number of rotatable bonds is 2. The molecule has 1 atom stereocenters. The summed E-state index contributed by atoms with van der Waals surface area (Å²) in [4.78, 5) is 17.2. The fourth-order valence-corrected chi connectivity index (χ4v) is 4.14. The van der Waals surface area contributed by atoms with Gasteiger partial charge in [0, 0.05) is 32.4 Å². The summed E-state index contributed by atoms with van der Waals surface area (Å²) in [5.74, 6) is 1.87. The van der Waals surface area contributed by atoms with Crippen LogP contribution >= 0.6 is 11.6 Å². The van der Waals surface area contributed by atoms with Gasteiger partial charge in [-0.3, -0.25) is 9.20 Å². The summed E-state index contributed by atoms with van der Waals surface area (Å²) in [7, 11) is 0. The highest BCUT2D eigenvalue weighted by molar-refractivity contribution is 6.33. The molecule has 2 aromatic heterocycles. The lowest BCUT2D eigenvalue weighted by atomic mass is 9.93. The molecule has 0 aliphatic carbocycles. The zero-order valence-corrected chi connectivity index (χ0v) is 15.3. The molecule has 134 valence electrons. The van der Waals surface area contributed by atoms with Gasteiger partial charge in [0.05, 0.1) is 10.9 Å². The third kappa shape index (κ3) is 3.19. The molecule has 0 unspecified atom stereocenters. The smallest absolute Gasteiger partial charge is 0.231 e. The topological polar surface area (TPSA) is 53.7 Å². The maximum absolute atomic E-state index is 12.9. The first-order valence-electron chi connectivity index (χ1n) is 9.16. The van der Waals surface area contributed by atoms with Crippen LogP contribution in [0.25, 0.3) is 5.65 Å². The highest BCUT2D eigenvalue weighted by Gasteiger charge is 2.32. The van der Waals surface area contributed by atoms with Gasteiger partial charge in [0.15, 0.2) is 5.65 Å². The van der Waals surface area contributed by atoms with E-state index in [0.29, 0.717) is 23.1 Å². The van der Waals surface area contributed by atoms with Crippen LogP contribution in [0.2, 0.25) is 5.02 Å². The molecule has 4 heterocycles. The van der Waals surface area contributed by atoms with Gasteiger partial charge in [-0.1, -0.05) is 18.5 Å². The standard InChI is InChI=1S/C18H24ClN5O/c1-13-6-10-22(11-7-13)17(25)14-4-2-8-23(12-14)18-21-20-16-15(19)5-3-9-24(16)18/h3,5,9,13-14H,2,4,6-8,10-12H2,1H3/t14-/m1/s1. The molecule has 2 fully saturated rings. The number of nitrogens with zero attached hydrogens (tertiary/aromatic N) is 5. The second-order valence-electron chi connectivity index (χ2n) is 7.34. The van der Waals surface area contributed by atoms with Crippen molar-refractivity contribution in [3.8, 4) is 0 Å². The average Bonchev–Trinajstić information content (AvgIpc) is 3.07. The Morgan fingerprint density at radius 3 is 2.80 bits per heavy atom. The Balaban J connectivity index is 1.50. The summed E-state index contributed by atoms with van der Waals surface area (Å²) in [6, 6.07) is 3.71. The predicted octanol–water partition coefficient (Wildman–Crippen LogP) is 2.86. The average molecular weight is 362 g/mol. The van der Waals surface area contributed by atoms with Crippen molar-refractivity contribution in [2.75, 3.05) is 31.1 Å². The molecular formula is C18H24ClN5O. The lowest BCUT2D eigenvalue weighted by Gasteiger charge is -2.37. The molecule has 0 aromatic carbocycles. The van der Waals surface area contributed by atoms with Crippen LogP contribution in [0.1, 0.15) is 32.6 Å². The Labute approximate surface area is 152 Å². The molecule has 0 spiro atoms. The summed E-state index contributed by atoms with van der Waals surface area (Å²) in [6.07, 6.45) is 6.12. The predicted molar refractivity (Wildman–Crippen MR) is 97.9 cm³/mol. The minimum atomic E-state index is 0.0497. The minimum absolute atomic E-state index is 0.0497. The third-order valence-electron chi connectivity index (χ3n) is 5.52. The molecule has 1 amide bonds. The summed E-state index contributed by atoms with van der Waals surface area (Å²) in [5, 5.41) is 9.12. The Hall–Kier alpha value is -1.82. The van der Waals surface area contributed by atoms with Gasteiger partial charge in [0.2, 0.25) is 11.9 Å². The van der Waals surface area contributed by atoms with Crippen LogP contribution < -0.4 is 4.90 Å². The molecule has 4 rings (SSSR count). The first-order chi connectivity index (χ1) is 12.1. The van der Waals surface area contributed by atoms with Gasteiger partial charge < -0.3 is 9.80 Å². The van der Waals surface area contributed by atoms with Crippen LogP contribution in [0.5, 0.6) is 0 Å². The van der Waals surface area contributed by atoms with E-state index < -0.39 is 0 Å². The van der Waals surface area contributed by atoms with Crippen molar-refractivity contribution in [2.24, 2.45) is 11.8 Å². The van der Waals surface area contributed by atoms with Gasteiger partial charge in [-0.2, -0.15) is 0 Å². The number of hydrogen-bond acceptors (Lipinski definition) is 4. The number of aromatic nitrogens is 3. The number of piperidine rings is 2. The molecule has 25 heavy (non-hydrogen) atoms. The zero-order chi connectivity index (χ0) is 17.4. The highest BCUT2D eigenvalue weighted by Crippen LogP contribution is 2.27. The molecule has 0 bridgehead atoms. The van der Waals surface area contributed by atoms with Crippen LogP contribution in [0.15, 0.2) is 18.3 Å². The third-order valence-corrected chi connectivity index (χ3v) is 5.81. The van der Waals surface area contributed by atoms with Gasteiger partial charge in [-0.25, -0.2) is 0 Å². The van der Waals surface area contributed by atoms with Crippen molar-refractivity contribution in [2.45, 2.75) is 32.6 Å². The number of pyridine rings is 1. The van der Waals surface area contributed by atoms with Crippen molar-refractivity contribution >= 4 is 29.1 Å². The number of amides is 1. The number of carbonyl (C=O) groups is 1. The number of hydrogen-bond donors (Lipinski definition) is 0. The normalized spacial score (nSPS) is 22.6. The van der Waals surface area contributed by atoms with E-state index >= 15 is 0 Å². The summed E-state index contributed by atoms with van der Waals surface area (Å²) in [5.41, 5.74) is 0.664. The minimum Gasteiger partial charge on any atom is -0.342 e. The van der Waals surface area contributed by atoms with E-state index in [1.807, 2.05) is 22.7 Å². The number of carbonyl (C=O) groups excluding carboxylic acids is 1. The Morgan fingerprint density at radius 2 is 2.00 bits per heavy atom. The van der Waals surface area contributed by atoms with Gasteiger partial charge in [0.1, 0.15) is 0 Å². The zero-order valence-electron chi connectivity index (χ0n) is 14.6. The number of fused-ring (bicyclic) bond motifs is 1. The number of anilines is 1. The second kappa shape index (κ2) is 6.83.